The van der Waals surface area contributed by atoms with Gasteiger partial charge in [-0.15, -0.1) is 0 Å². The molecular formula is C28H25BrN2O3. The topological polar surface area (TPSA) is 59.9 Å². The minimum Gasteiger partial charge on any atom is -0.489 e. The Morgan fingerprint density at radius 1 is 1.00 bits per heavy atom. The van der Waals surface area contributed by atoms with Crippen LogP contribution in [0.4, 0.5) is 0 Å². The number of amides is 1. The van der Waals surface area contributed by atoms with Crippen LogP contribution in [0.1, 0.15) is 18.9 Å². The monoisotopic (exact) mass is 516 g/mol. The number of carbonyl (C=O) groups excluding carboxylic acids is 1. The fourth-order valence-electron chi connectivity index (χ4n) is 3.70. The fourth-order valence-corrected chi connectivity index (χ4v) is 4.28. The normalized spacial score (nSPS) is 12.1. The largest absolute Gasteiger partial charge is 0.489 e. The van der Waals surface area contributed by atoms with Crippen LogP contribution in [-0.4, -0.2) is 24.8 Å². The van der Waals surface area contributed by atoms with Gasteiger partial charge < -0.3 is 9.47 Å². The van der Waals surface area contributed by atoms with Crippen molar-refractivity contribution >= 4 is 49.6 Å². The molecule has 4 aromatic rings. The summed E-state index contributed by atoms with van der Waals surface area (Å²) in [5, 5.41) is 8.37. The average molecular weight is 517 g/mol. The number of carbonyl (C=O) groups is 1. The number of hydrogen-bond donors (Lipinski definition) is 1. The zero-order chi connectivity index (χ0) is 23.9. The number of ether oxygens (including phenoxy) is 2. The predicted molar refractivity (Wildman–Crippen MR) is 142 cm³/mol. The molecule has 0 heterocycles. The highest BCUT2D eigenvalue weighted by Gasteiger charge is 2.20. The number of rotatable bonds is 9. The number of hydrogen-bond acceptors (Lipinski definition) is 4. The molecule has 172 valence electrons. The first kappa shape index (κ1) is 23.5. The third kappa shape index (κ3) is 5.13. The lowest BCUT2D eigenvalue weighted by Gasteiger charge is -2.17. The van der Waals surface area contributed by atoms with Gasteiger partial charge in [-0.05, 0) is 56.0 Å². The van der Waals surface area contributed by atoms with E-state index in [1.807, 2.05) is 79.7 Å². The standard InChI is InChI=1S/C28H25BrN2O3/c1-3-17-33-25-15-13-19-9-5-7-11-21(19)23(25)18-30-31-28(32)24(4-2)34-26-16-14-20-10-6-8-12-22(20)27(26)29/h3,5-16,18,24H,1,4,17H2,2H3,(H,31,32)/t24-/m0/s1. The molecule has 1 N–H and O–H groups in total. The van der Waals surface area contributed by atoms with Crippen molar-refractivity contribution in [1.29, 1.82) is 0 Å². The van der Waals surface area contributed by atoms with Crippen molar-refractivity contribution in [2.24, 2.45) is 5.10 Å². The highest BCUT2D eigenvalue weighted by atomic mass is 79.9. The van der Waals surface area contributed by atoms with Gasteiger partial charge in [0.1, 0.15) is 18.1 Å². The Bertz CT molecular complexity index is 1370. The number of benzene rings is 4. The summed E-state index contributed by atoms with van der Waals surface area (Å²) < 4.78 is 12.7. The first-order valence-electron chi connectivity index (χ1n) is 11.0. The highest BCUT2D eigenvalue weighted by Crippen LogP contribution is 2.34. The van der Waals surface area contributed by atoms with Crippen molar-refractivity contribution in [3.05, 3.63) is 95.5 Å². The van der Waals surface area contributed by atoms with E-state index in [9.17, 15) is 4.79 Å². The van der Waals surface area contributed by atoms with Crippen LogP contribution in [0.3, 0.4) is 0 Å². The van der Waals surface area contributed by atoms with Crippen LogP contribution in [-0.2, 0) is 4.79 Å². The summed E-state index contributed by atoms with van der Waals surface area (Å²) in [5.74, 6) is 0.950. The van der Waals surface area contributed by atoms with Crippen LogP contribution in [0.15, 0.2) is 95.0 Å². The van der Waals surface area contributed by atoms with E-state index in [4.69, 9.17) is 9.47 Å². The van der Waals surface area contributed by atoms with Crippen LogP contribution in [0.25, 0.3) is 21.5 Å². The summed E-state index contributed by atoms with van der Waals surface area (Å²) >= 11 is 3.62. The lowest BCUT2D eigenvalue weighted by Crippen LogP contribution is -2.35. The van der Waals surface area contributed by atoms with Crippen molar-refractivity contribution in [3.8, 4) is 11.5 Å². The molecule has 0 aliphatic heterocycles. The SMILES string of the molecule is C=CCOc1ccc2ccccc2c1C=NNC(=O)[C@H](CC)Oc1ccc2ccccc2c1Br. The van der Waals surface area contributed by atoms with E-state index >= 15 is 0 Å². The lowest BCUT2D eigenvalue weighted by molar-refractivity contribution is -0.128. The zero-order valence-electron chi connectivity index (χ0n) is 18.8. The smallest absolute Gasteiger partial charge is 0.281 e. The summed E-state index contributed by atoms with van der Waals surface area (Å²) in [7, 11) is 0. The van der Waals surface area contributed by atoms with Gasteiger partial charge in [0, 0.05) is 5.56 Å². The van der Waals surface area contributed by atoms with E-state index in [2.05, 4.69) is 33.0 Å². The van der Waals surface area contributed by atoms with E-state index in [0.29, 0.717) is 24.5 Å². The van der Waals surface area contributed by atoms with Crippen molar-refractivity contribution in [1.82, 2.24) is 5.43 Å². The molecular weight excluding hydrogens is 492 g/mol. The van der Waals surface area contributed by atoms with Crippen molar-refractivity contribution in [2.75, 3.05) is 6.61 Å². The van der Waals surface area contributed by atoms with Gasteiger partial charge in [0.15, 0.2) is 6.10 Å². The summed E-state index contributed by atoms with van der Waals surface area (Å²) in [6.07, 6.45) is 3.09. The minimum atomic E-state index is -0.696. The Morgan fingerprint density at radius 3 is 2.35 bits per heavy atom. The van der Waals surface area contributed by atoms with E-state index in [1.54, 1.807) is 12.3 Å². The lowest BCUT2D eigenvalue weighted by atomic mass is 10.0. The summed E-state index contributed by atoms with van der Waals surface area (Å²) in [4.78, 5) is 12.9. The van der Waals surface area contributed by atoms with Crippen LogP contribution in [0, 0.1) is 0 Å². The van der Waals surface area contributed by atoms with E-state index in [-0.39, 0.29) is 5.91 Å². The molecule has 6 heteroatoms. The van der Waals surface area contributed by atoms with Gasteiger partial charge >= 0.3 is 0 Å². The van der Waals surface area contributed by atoms with Gasteiger partial charge in [-0.1, -0.05) is 80.2 Å². The molecule has 4 rings (SSSR count). The van der Waals surface area contributed by atoms with Crippen LogP contribution < -0.4 is 14.9 Å². The third-order valence-corrected chi connectivity index (χ3v) is 6.23. The van der Waals surface area contributed by atoms with Gasteiger partial charge in [0.25, 0.3) is 5.91 Å². The number of nitrogens with zero attached hydrogens (tertiary/aromatic N) is 1. The van der Waals surface area contributed by atoms with E-state index in [1.165, 1.54) is 0 Å². The third-order valence-electron chi connectivity index (χ3n) is 5.42. The summed E-state index contributed by atoms with van der Waals surface area (Å²) in [6.45, 7) is 5.98. The fraction of sp³-hybridized carbons (Fsp3) is 0.143. The number of halogens is 1. The highest BCUT2D eigenvalue weighted by molar-refractivity contribution is 9.10. The van der Waals surface area contributed by atoms with Crippen molar-refractivity contribution in [3.63, 3.8) is 0 Å². The maximum atomic E-state index is 12.9. The molecule has 34 heavy (non-hydrogen) atoms. The second-order valence-corrected chi connectivity index (χ2v) is 8.44. The summed E-state index contributed by atoms with van der Waals surface area (Å²) in [6, 6.07) is 23.7. The van der Waals surface area contributed by atoms with Gasteiger partial charge in [0.2, 0.25) is 0 Å². The second-order valence-electron chi connectivity index (χ2n) is 7.65. The molecule has 4 aromatic carbocycles. The van der Waals surface area contributed by atoms with Gasteiger partial charge in [-0.2, -0.15) is 5.10 Å². The van der Waals surface area contributed by atoms with Crippen molar-refractivity contribution in [2.45, 2.75) is 19.4 Å². The van der Waals surface area contributed by atoms with Gasteiger partial charge in [0.05, 0.1) is 10.7 Å². The number of nitrogens with one attached hydrogen (secondary N) is 1. The Kier molecular flexibility index (Phi) is 7.60. The average Bonchev–Trinajstić information content (AvgIpc) is 2.87. The van der Waals surface area contributed by atoms with Gasteiger partial charge in [-0.3, -0.25) is 4.79 Å². The molecule has 0 saturated heterocycles. The van der Waals surface area contributed by atoms with Crippen LogP contribution in [0.5, 0.6) is 11.5 Å². The predicted octanol–water partition coefficient (Wildman–Crippen LogP) is 6.63. The molecule has 0 aliphatic rings. The molecule has 0 saturated carbocycles. The number of hydrazone groups is 1. The Hall–Kier alpha value is -3.64. The van der Waals surface area contributed by atoms with Crippen molar-refractivity contribution < 1.29 is 14.3 Å². The van der Waals surface area contributed by atoms with Gasteiger partial charge in [-0.25, -0.2) is 5.43 Å². The zero-order valence-corrected chi connectivity index (χ0v) is 20.4. The Labute approximate surface area is 207 Å². The molecule has 0 unspecified atom stereocenters. The quantitative estimate of drug-likeness (QED) is 0.154. The first-order valence-corrected chi connectivity index (χ1v) is 11.8. The second kappa shape index (κ2) is 11.0. The Morgan fingerprint density at radius 2 is 1.65 bits per heavy atom. The molecule has 0 radical (unpaired) electrons. The molecule has 0 bridgehead atoms. The first-order chi connectivity index (χ1) is 16.6. The number of fused-ring (bicyclic) bond motifs is 2. The molecule has 5 nitrogen and oxygen atoms in total. The van der Waals surface area contributed by atoms with E-state index < -0.39 is 6.10 Å². The Balaban J connectivity index is 1.52. The maximum Gasteiger partial charge on any atom is 0.281 e. The molecule has 0 aliphatic carbocycles. The molecule has 0 fully saturated rings. The molecule has 1 atom stereocenters. The molecule has 0 spiro atoms. The summed E-state index contributed by atoms with van der Waals surface area (Å²) in [5.41, 5.74) is 3.41. The van der Waals surface area contributed by atoms with Crippen LogP contribution >= 0.6 is 15.9 Å². The maximum absolute atomic E-state index is 12.9. The molecule has 1 amide bonds. The van der Waals surface area contributed by atoms with Crippen LogP contribution in [0.2, 0.25) is 0 Å². The minimum absolute atomic E-state index is 0.326. The van der Waals surface area contributed by atoms with E-state index in [0.717, 1.165) is 31.6 Å². The molecule has 0 aromatic heterocycles.